The highest BCUT2D eigenvalue weighted by Crippen LogP contribution is 2.54. The zero-order chi connectivity index (χ0) is 17.7. The van der Waals surface area contributed by atoms with Crippen LogP contribution in [0.4, 0.5) is 17.6 Å². The van der Waals surface area contributed by atoms with E-state index in [0.717, 1.165) is 30.3 Å². The molecule has 0 bridgehead atoms. The fourth-order valence-corrected chi connectivity index (χ4v) is 4.83. The summed E-state index contributed by atoms with van der Waals surface area (Å²) in [5, 5.41) is 8.98. The number of nitrogens with zero attached hydrogens (tertiary/aromatic N) is 5. The lowest BCUT2D eigenvalue weighted by atomic mass is 10.1. The van der Waals surface area contributed by atoms with E-state index in [9.17, 15) is 4.79 Å². The molecular formula is C17H23N5O2S. The maximum absolute atomic E-state index is 10.9. The Bertz CT molecular complexity index is 715. The van der Waals surface area contributed by atoms with Crippen molar-refractivity contribution < 1.29 is 9.90 Å². The third-order valence-corrected chi connectivity index (χ3v) is 6.60. The number of anilines is 2. The molecule has 1 N–H and O–H groups in total. The normalized spacial score (nSPS) is 30.0. The Morgan fingerprint density at radius 2 is 2.12 bits per heavy atom. The molecule has 2 saturated heterocycles. The van der Waals surface area contributed by atoms with Crippen molar-refractivity contribution in [1.29, 1.82) is 0 Å². The van der Waals surface area contributed by atoms with Crippen LogP contribution in [0.2, 0.25) is 0 Å². The molecule has 1 aliphatic carbocycles. The molecule has 0 spiro atoms. The van der Waals surface area contributed by atoms with Crippen molar-refractivity contribution in [3.8, 4) is 0 Å². The lowest BCUT2D eigenvalue weighted by Crippen LogP contribution is -2.46. The quantitative estimate of drug-likeness (QED) is 0.615. The Morgan fingerprint density at radius 3 is 2.60 bits per heavy atom. The number of carboxylic acid groups (broad SMARTS) is 1. The molecule has 3 fully saturated rings. The molecule has 1 aromatic rings. The predicted molar refractivity (Wildman–Crippen MR) is 99.4 cm³/mol. The van der Waals surface area contributed by atoms with Crippen molar-refractivity contribution in [2.24, 2.45) is 22.7 Å². The van der Waals surface area contributed by atoms with Crippen molar-refractivity contribution in [3.05, 3.63) is 0 Å². The SMILES string of the molecule is C=Nc1nc(N2C[C@@H]3C(CC(=O)O)[C@@H]3C2)nc(N2CC[C@@H]2C)c1SC. The summed E-state index contributed by atoms with van der Waals surface area (Å²) >= 11 is 1.61. The first kappa shape index (κ1) is 16.6. The molecule has 0 aromatic carbocycles. The van der Waals surface area contributed by atoms with Gasteiger partial charge in [0.15, 0.2) is 5.82 Å². The summed E-state index contributed by atoms with van der Waals surface area (Å²) in [5.74, 6) is 2.87. The maximum Gasteiger partial charge on any atom is 0.303 e. The molecule has 8 heteroatoms. The number of fused-ring (bicyclic) bond motifs is 1. The van der Waals surface area contributed by atoms with Gasteiger partial charge in [-0.1, -0.05) is 0 Å². The van der Waals surface area contributed by atoms with E-state index in [4.69, 9.17) is 10.1 Å². The van der Waals surface area contributed by atoms with E-state index in [1.54, 1.807) is 11.8 Å². The minimum Gasteiger partial charge on any atom is -0.481 e. The number of carbonyl (C=O) groups is 1. The van der Waals surface area contributed by atoms with Crippen LogP contribution >= 0.6 is 11.8 Å². The second kappa shape index (κ2) is 6.16. The summed E-state index contributed by atoms with van der Waals surface area (Å²) in [4.78, 5) is 30.0. The van der Waals surface area contributed by atoms with Gasteiger partial charge < -0.3 is 14.9 Å². The van der Waals surface area contributed by atoms with Crippen LogP contribution in [0.3, 0.4) is 0 Å². The highest BCUT2D eigenvalue weighted by molar-refractivity contribution is 7.98. The van der Waals surface area contributed by atoms with Crippen molar-refractivity contribution >= 4 is 42.0 Å². The Kier molecular flexibility index (Phi) is 4.10. The first-order chi connectivity index (χ1) is 12.0. The lowest BCUT2D eigenvalue weighted by Gasteiger charge is -2.41. The Morgan fingerprint density at radius 1 is 1.40 bits per heavy atom. The summed E-state index contributed by atoms with van der Waals surface area (Å²) < 4.78 is 0. The van der Waals surface area contributed by atoms with Gasteiger partial charge >= 0.3 is 5.97 Å². The van der Waals surface area contributed by atoms with Crippen LogP contribution in [0.1, 0.15) is 19.8 Å². The van der Waals surface area contributed by atoms with E-state index >= 15 is 0 Å². The molecular weight excluding hydrogens is 338 g/mol. The van der Waals surface area contributed by atoms with E-state index in [2.05, 4.69) is 33.4 Å². The summed E-state index contributed by atoms with van der Waals surface area (Å²) in [5.41, 5.74) is 0. The highest BCUT2D eigenvalue weighted by Gasteiger charge is 2.56. The van der Waals surface area contributed by atoms with Crippen LogP contribution in [0.25, 0.3) is 0 Å². The Labute approximate surface area is 151 Å². The summed E-state index contributed by atoms with van der Waals surface area (Å²) in [6, 6.07) is 0.484. The molecule has 3 aliphatic rings. The summed E-state index contributed by atoms with van der Waals surface area (Å²) in [6.07, 6.45) is 3.47. The molecule has 0 amide bonds. The van der Waals surface area contributed by atoms with Crippen LogP contribution in [0, 0.1) is 17.8 Å². The fourth-order valence-electron chi connectivity index (χ4n) is 4.19. The second-order valence-electron chi connectivity index (χ2n) is 7.19. The summed E-state index contributed by atoms with van der Waals surface area (Å²) in [6.45, 7) is 8.58. The van der Waals surface area contributed by atoms with Crippen molar-refractivity contribution in [3.63, 3.8) is 0 Å². The smallest absolute Gasteiger partial charge is 0.303 e. The van der Waals surface area contributed by atoms with Gasteiger partial charge in [0.25, 0.3) is 0 Å². The number of aliphatic imine (C=N–C) groups is 1. The van der Waals surface area contributed by atoms with Gasteiger partial charge in [0.2, 0.25) is 5.95 Å². The first-order valence-corrected chi connectivity index (χ1v) is 9.92. The zero-order valence-electron chi connectivity index (χ0n) is 14.6. The van der Waals surface area contributed by atoms with E-state index < -0.39 is 5.97 Å². The van der Waals surface area contributed by atoms with Crippen LogP contribution in [-0.2, 0) is 4.79 Å². The molecule has 7 nitrogen and oxygen atoms in total. The van der Waals surface area contributed by atoms with Gasteiger partial charge in [-0.3, -0.25) is 4.79 Å². The third-order valence-electron chi connectivity index (χ3n) is 5.83. The molecule has 4 rings (SSSR count). The lowest BCUT2D eigenvalue weighted by molar-refractivity contribution is -0.137. The number of hydrogen-bond acceptors (Lipinski definition) is 7. The molecule has 1 unspecified atom stereocenters. The van der Waals surface area contributed by atoms with Crippen LogP contribution < -0.4 is 9.80 Å². The van der Waals surface area contributed by atoms with E-state index in [-0.39, 0.29) is 6.42 Å². The molecule has 1 saturated carbocycles. The van der Waals surface area contributed by atoms with E-state index in [1.807, 2.05) is 6.26 Å². The van der Waals surface area contributed by atoms with Crippen LogP contribution in [0.15, 0.2) is 9.89 Å². The number of aliphatic carboxylic acids is 1. The van der Waals surface area contributed by atoms with E-state index in [1.165, 1.54) is 6.42 Å². The zero-order valence-corrected chi connectivity index (χ0v) is 15.4. The number of thioether (sulfide) groups is 1. The number of rotatable bonds is 6. The minimum absolute atomic E-state index is 0.283. The second-order valence-corrected chi connectivity index (χ2v) is 8.00. The molecule has 25 heavy (non-hydrogen) atoms. The Hall–Kier alpha value is -1.83. The van der Waals surface area contributed by atoms with Gasteiger partial charge in [-0.25, -0.2) is 4.99 Å². The van der Waals surface area contributed by atoms with Gasteiger partial charge in [-0.15, -0.1) is 11.8 Å². The molecule has 3 heterocycles. The van der Waals surface area contributed by atoms with Crippen LogP contribution in [0.5, 0.6) is 0 Å². The topological polar surface area (TPSA) is 81.9 Å². The number of piperidine rings is 1. The molecule has 1 aromatic heterocycles. The van der Waals surface area contributed by atoms with Gasteiger partial charge in [0.1, 0.15) is 5.82 Å². The van der Waals surface area contributed by atoms with E-state index in [0.29, 0.717) is 35.6 Å². The largest absolute Gasteiger partial charge is 0.481 e. The summed E-state index contributed by atoms with van der Waals surface area (Å²) in [7, 11) is 0. The third kappa shape index (κ3) is 2.76. The molecule has 134 valence electrons. The van der Waals surface area contributed by atoms with Gasteiger partial charge in [0.05, 0.1) is 4.90 Å². The minimum atomic E-state index is -0.696. The van der Waals surface area contributed by atoms with Gasteiger partial charge in [-0.05, 0) is 44.1 Å². The van der Waals surface area contributed by atoms with Gasteiger partial charge in [-0.2, -0.15) is 9.97 Å². The standard InChI is InChI=1S/C17H23N5O2S/c1-9-4-5-22(9)16-14(25-3)15(18-2)19-17(20-16)21-7-11-10(6-13(23)24)12(11)8-21/h9-12H,2,4-8H2,1,3H3,(H,23,24)/t9-,10?,11-,12+/m0/s1. The molecule has 2 aliphatic heterocycles. The average molecular weight is 361 g/mol. The number of aromatic nitrogens is 2. The van der Waals surface area contributed by atoms with Crippen LogP contribution in [-0.4, -0.2) is 59.7 Å². The molecule has 4 atom stereocenters. The van der Waals surface area contributed by atoms with Crippen molar-refractivity contribution in [1.82, 2.24) is 9.97 Å². The highest BCUT2D eigenvalue weighted by atomic mass is 32.2. The number of hydrogen-bond donors (Lipinski definition) is 1. The fraction of sp³-hybridized carbons (Fsp3) is 0.647. The van der Waals surface area contributed by atoms with Crippen molar-refractivity contribution in [2.75, 3.05) is 35.7 Å². The first-order valence-electron chi connectivity index (χ1n) is 8.69. The molecule has 0 radical (unpaired) electrons. The van der Waals surface area contributed by atoms with Gasteiger partial charge in [0, 0.05) is 32.1 Å². The van der Waals surface area contributed by atoms with Crippen molar-refractivity contribution in [2.45, 2.75) is 30.7 Å². The maximum atomic E-state index is 10.9. The average Bonchev–Trinajstić information content (AvgIpc) is 3.02. The Balaban J connectivity index is 1.58. The number of carboxylic acids is 1. The monoisotopic (exact) mass is 361 g/mol. The predicted octanol–water partition coefficient (Wildman–Crippen LogP) is 2.29.